The second-order valence-electron chi connectivity index (χ2n) is 5.52. The molecule has 1 aromatic carbocycles. The molecule has 0 bridgehead atoms. The number of hydrogen-bond donors (Lipinski definition) is 1. The largest absolute Gasteiger partial charge is 0.314 e. The van der Waals surface area contributed by atoms with E-state index in [0.29, 0.717) is 6.04 Å². The number of alkyl halides is 1. The van der Waals surface area contributed by atoms with E-state index in [9.17, 15) is 4.39 Å². The summed E-state index contributed by atoms with van der Waals surface area (Å²) in [4.78, 5) is 0. The van der Waals surface area contributed by atoms with Crippen molar-refractivity contribution < 1.29 is 4.39 Å². The Bertz CT molecular complexity index is 344. The van der Waals surface area contributed by atoms with Crippen molar-refractivity contribution in [3.63, 3.8) is 0 Å². The van der Waals surface area contributed by atoms with Crippen LogP contribution in [0, 0.1) is 0 Å². The van der Waals surface area contributed by atoms with E-state index in [1.54, 1.807) is 13.8 Å². The second-order valence-corrected chi connectivity index (χ2v) is 5.52. The maximum absolute atomic E-state index is 13.7. The first-order valence-corrected chi connectivity index (χ1v) is 6.57. The molecule has 0 aromatic heterocycles. The van der Waals surface area contributed by atoms with E-state index in [-0.39, 0.29) is 0 Å². The summed E-state index contributed by atoms with van der Waals surface area (Å²) in [6, 6.07) is 8.56. The standard InChI is InChI=1S/C15H22FN/c1-15(2,16)13-8-6-12(7-9-13)11-14-5-3-4-10-17-14/h6-9,14,17H,3-5,10-11H2,1-2H3. The van der Waals surface area contributed by atoms with Gasteiger partial charge < -0.3 is 5.32 Å². The highest BCUT2D eigenvalue weighted by molar-refractivity contribution is 5.26. The molecule has 1 atom stereocenters. The van der Waals surface area contributed by atoms with Crippen molar-refractivity contribution in [1.29, 1.82) is 0 Å². The Morgan fingerprint density at radius 1 is 1.24 bits per heavy atom. The molecule has 1 saturated heterocycles. The Labute approximate surface area is 103 Å². The van der Waals surface area contributed by atoms with Gasteiger partial charge in [0, 0.05) is 6.04 Å². The highest BCUT2D eigenvalue weighted by Crippen LogP contribution is 2.25. The van der Waals surface area contributed by atoms with Crippen molar-refractivity contribution in [2.45, 2.75) is 51.2 Å². The molecule has 2 rings (SSSR count). The summed E-state index contributed by atoms with van der Waals surface area (Å²) in [5, 5.41) is 3.54. The molecular weight excluding hydrogens is 213 g/mol. The molecule has 1 N–H and O–H groups in total. The fourth-order valence-corrected chi connectivity index (χ4v) is 2.42. The van der Waals surface area contributed by atoms with Gasteiger partial charge in [0.25, 0.3) is 0 Å². The number of nitrogens with one attached hydrogen (secondary N) is 1. The van der Waals surface area contributed by atoms with Crippen molar-refractivity contribution in [3.8, 4) is 0 Å². The predicted octanol–water partition coefficient (Wildman–Crippen LogP) is 3.58. The summed E-state index contributed by atoms with van der Waals surface area (Å²) in [6.07, 6.45) is 4.95. The molecule has 94 valence electrons. The number of piperidine rings is 1. The molecule has 17 heavy (non-hydrogen) atoms. The first-order chi connectivity index (χ1) is 8.05. The smallest absolute Gasteiger partial charge is 0.130 e. The number of rotatable bonds is 3. The quantitative estimate of drug-likeness (QED) is 0.844. The third-order valence-corrected chi connectivity index (χ3v) is 3.53. The Morgan fingerprint density at radius 2 is 1.94 bits per heavy atom. The molecular formula is C15H22FN. The molecule has 1 aliphatic heterocycles. The monoisotopic (exact) mass is 235 g/mol. The van der Waals surface area contributed by atoms with Crippen molar-refractivity contribution in [3.05, 3.63) is 35.4 Å². The van der Waals surface area contributed by atoms with Crippen molar-refractivity contribution in [2.24, 2.45) is 0 Å². The van der Waals surface area contributed by atoms with Crippen molar-refractivity contribution in [1.82, 2.24) is 5.32 Å². The number of benzene rings is 1. The summed E-state index contributed by atoms with van der Waals surface area (Å²) >= 11 is 0. The van der Waals surface area contributed by atoms with Gasteiger partial charge in [-0.3, -0.25) is 0 Å². The van der Waals surface area contributed by atoms with E-state index in [0.717, 1.165) is 18.5 Å². The molecule has 1 fully saturated rings. The van der Waals surface area contributed by atoms with Crippen LogP contribution in [0.5, 0.6) is 0 Å². The molecule has 0 spiro atoms. The molecule has 0 amide bonds. The number of hydrogen-bond acceptors (Lipinski definition) is 1. The minimum Gasteiger partial charge on any atom is -0.314 e. The third-order valence-electron chi connectivity index (χ3n) is 3.53. The summed E-state index contributed by atoms with van der Waals surface area (Å²) in [7, 11) is 0. The summed E-state index contributed by atoms with van der Waals surface area (Å²) in [5.74, 6) is 0. The van der Waals surface area contributed by atoms with E-state index in [1.165, 1.54) is 24.8 Å². The van der Waals surface area contributed by atoms with Crippen molar-refractivity contribution in [2.75, 3.05) is 6.54 Å². The summed E-state index contributed by atoms with van der Waals surface area (Å²) < 4.78 is 13.7. The van der Waals surface area contributed by atoms with Gasteiger partial charge in [-0.2, -0.15) is 0 Å². The van der Waals surface area contributed by atoms with Gasteiger partial charge in [0.15, 0.2) is 0 Å². The minimum absolute atomic E-state index is 0.605. The van der Waals surface area contributed by atoms with Gasteiger partial charge in [-0.05, 0) is 50.8 Å². The van der Waals surface area contributed by atoms with E-state index >= 15 is 0 Å². The van der Waals surface area contributed by atoms with Gasteiger partial charge in [-0.1, -0.05) is 30.7 Å². The van der Waals surface area contributed by atoms with Crippen LogP contribution in [0.4, 0.5) is 4.39 Å². The van der Waals surface area contributed by atoms with Gasteiger partial charge >= 0.3 is 0 Å². The highest BCUT2D eigenvalue weighted by atomic mass is 19.1. The summed E-state index contributed by atoms with van der Waals surface area (Å²) in [6.45, 7) is 4.34. The van der Waals surface area contributed by atoms with Crippen LogP contribution in [0.2, 0.25) is 0 Å². The zero-order chi connectivity index (χ0) is 12.3. The molecule has 0 aliphatic carbocycles. The van der Waals surface area contributed by atoms with Crippen LogP contribution in [0.3, 0.4) is 0 Å². The van der Waals surface area contributed by atoms with Crippen LogP contribution in [-0.4, -0.2) is 12.6 Å². The molecule has 1 unspecified atom stereocenters. The highest BCUT2D eigenvalue weighted by Gasteiger charge is 2.18. The molecule has 1 heterocycles. The van der Waals surface area contributed by atoms with Crippen LogP contribution >= 0.6 is 0 Å². The van der Waals surface area contributed by atoms with Gasteiger partial charge in [0.2, 0.25) is 0 Å². The lowest BCUT2D eigenvalue weighted by Crippen LogP contribution is -2.35. The molecule has 1 aromatic rings. The van der Waals surface area contributed by atoms with E-state index in [4.69, 9.17) is 0 Å². The molecule has 0 radical (unpaired) electrons. The Hall–Kier alpha value is -0.890. The first kappa shape index (κ1) is 12.6. The van der Waals surface area contributed by atoms with Gasteiger partial charge in [-0.25, -0.2) is 4.39 Å². The van der Waals surface area contributed by atoms with Crippen LogP contribution in [-0.2, 0) is 12.1 Å². The molecule has 2 heteroatoms. The van der Waals surface area contributed by atoms with E-state index < -0.39 is 5.67 Å². The molecule has 1 aliphatic rings. The lowest BCUT2D eigenvalue weighted by atomic mass is 9.94. The topological polar surface area (TPSA) is 12.0 Å². The SMILES string of the molecule is CC(C)(F)c1ccc(CC2CCCCN2)cc1. The fraction of sp³-hybridized carbons (Fsp3) is 0.600. The molecule has 1 nitrogen and oxygen atoms in total. The predicted molar refractivity (Wildman–Crippen MR) is 69.9 cm³/mol. The Kier molecular flexibility index (Phi) is 3.82. The summed E-state index contributed by atoms with van der Waals surface area (Å²) in [5.41, 5.74) is 0.831. The van der Waals surface area contributed by atoms with Gasteiger partial charge in [-0.15, -0.1) is 0 Å². The van der Waals surface area contributed by atoms with Gasteiger partial charge in [0.1, 0.15) is 5.67 Å². The minimum atomic E-state index is -1.23. The van der Waals surface area contributed by atoms with Crippen LogP contribution < -0.4 is 5.32 Å². The number of halogens is 1. The Balaban J connectivity index is 1.98. The maximum atomic E-state index is 13.7. The fourth-order valence-electron chi connectivity index (χ4n) is 2.42. The normalized spacial score (nSPS) is 21.5. The zero-order valence-electron chi connectivity index (χ0n) is 10.8. The van der Waals surface area contributed by atoms with Crippen LogP contribution in [0.1, 0.15) is 44.2 Å². The lowest BCUT2D eigenvalue weighted by molar-refractivity contribution is 0.221. The maximum Gasteiger partial charge on any atom is 0.130 e. The molecule has 0 saturated carbocycles. The Morgan fingerprint density at radius 3 is 2.47 bits per heavy atom. The first-order valence-electron chi connectivity index (χ1n) is 6.57. The van der Waals surface area contributed by atoms with Crippen LogP contribution in [0.25, 0.3) is 0 Å². The zero-order valence-corrected chi connectivity index (χ0v) is 10.8. The third kappa shape index (κ3) is 3.53. The average Bonchev–Trinajstić information content (AvgIpc) is 2.30. The van der Waals surface area contributed by atoms with E-state index in [2.05, 4.69) is 17.4 Å². The van der Waals surface area contributed by atoms with Gasteiger partial charge in [0.05, 0.1) is 0 Å². The lowest BCUT2D eigenvalue weighted by Gasteiger charge is -2.23. The van der Waals surface area contributed by atoms with E-state index in [1.807, 2.05) is 12.1 Å². The van der Waals surface area contributed by atoms with Crippen LogP contribution in [0.15, 0.2) is 24.3 Å². The average molecular weight is 235 g/mol. The van der Waals surface area contributed by atoms with Crippen molar-refractivity contribution >= 4 is 0 Å². The second kappa shape index (κ2) is 5.18.